The zero-order valence-corrected chi connectivity index (χ0v) is 9.53. The van der Waals surface area contributed by atoms with Gasteiger partial charge in [-0.2, -0.15) is 0 Å². The molecule has 2 rings (SSSR count). The van der Waals surface area contributed by atoms with E-state index in [0.29, 0.717) is 26.4 Å². The Morgan fingerprint density at radius 2 is 2.36 bits per heavy atom. The second kappa shape index (κ2) is 4.59. The van der Waals surface area contributed by atoms with Crippen LogP contribution in [0, 0.1) is 0 Å². The van der Waals surface area contributed by atoms with Crippen LogP contribution in [-0.2, 0) is 14.3 Å². The summed E-state index contributed by atoms with van der Waals surface area (Å²) in [6.45, 7) is 3.42. The van der Waals surface area contributed by atoms with E-state index >= 15 is 0 Å². The van der Waals surface area contributed by atoms with Gasteiger partial charge in [0.15, 0.2) is 0 Å². The van der Waals surface area contributed by atoms with E-state index in [-0.39, 0.29) is 16.8 Å². The highest BCUT2D eigenvalue weighted by Gasteiger charge is 2.31. The van der Waals surface area contributed by atoms with E-state index in [4.69, 9.17) is 9.47 Å². The molecule has 80 valence electrons. The number of alkyl halides is 1. The Hall–Kier alpha value is -0.130. The van der Waals surface area contributed by atoms with Crippen molar-refractivity contribution >= 4 is 21.8 Å². The number of halogens is 1. The van der Waals surface area contributed by atoms with Gasteiger partial charge in [-0.05, 0) is 6.42 Å². The quantitative estimate of drug-likeness (QED) is 0.677. The number of amides is 1. The molecule has 2 heterocycles. The molecule has 0 aliphatic carbocycles. The van der Waals surface area contributed by atoms with Gasteiger partial charge in [-0.3, -0.25) is 4.79 Å². The predicted molar refractivity (Wildman–Crippen MR) is 54.5 cm³/mol. The molecule has 2 aliphatic heterocycles. The number of rotatable bonds is 2. The lowest BCUT2D eigenvalue weighted by molar-refractivity contribution is -0.133. The van der Waals surface area contributed by atoms with Crippen molar-refractivity contribution in [1.82, 2.24) is 4.90 Å². The SMILES string of the molecule is O=C1C(Br)CCN1CC1COCCO1. The third-order valence-electron chi connectivity index (χ3n) is 2.54. The zero-order valence-electron chi connectivity index (χ0n) is 7.95. The van der Waals surface area contributed by atoms with Gasteiger partial charge in [-0.1, -0.05) is 15.9 Å². The summed E-state index contributed by atoms with van der Waals surface area (Å²) in [6, 6.07) is 0. The minimum absolute atomic E-state index is 0.00649. The van der Waals surface area contributed by atoms with Crippen LogP contribution in [0.15, 0.2) is 0 Å². The maximum atomic E-state index is 11.6. The molecule has 0 aromatic heterocycles. The summed E-state index contributed by atoms with van der Waals surface area (Å²) in [4.78, 5) is 13.4. The molecule has 0 bridgehead atoms. The number of hydrogen-bond acceptors (Lipinski definition) is 3. The van der Waals surface area contributed by atoms with Crippen LogP contribution in [0.5, 0.6) is 0 Å². The topological polar surface area (TPSA) is 38.8 Å². The van der Waals surface area contributed by atoms with Crippen molar-refractivity contribution in [2.24, 2.45) is 0 Å². The molecule has 2 unspecified atom stereocenters. The smallest absolute Gasteiger partial charge is 0.236 e. The molecule has 0 aromatic carbocycles. The average Bonchev–Trinajstić information content (AvgIpc) is 2.52. The number of nitrogens with zero attached hydrogens (tertiary/aromatic N) is 1. The molecule has 2 fully saturated rings. The molecule has 2 saturated heterocycles. The Morgan fingerprint density at radius 1 is 1.50 bits per heavy atom. The van der Waals surface area contributed by atoms with Crippen LogP contribution in [0.2, 0.25) is 0 Å². The lowest BCUT2D eigenvalue weighted by Gasteiger charge is -2.27. The van der Waals surface area contributed by atoms with E-state index in [1.54, 1.807) is 0 Å². The minimum Gasteiger partial charge on any atom is -0.376 e. The zero-order chi connectivity index (χ0) is 9.97. The largest absolute Gasteiger partial charge is 0.376 e. The molecule has 0 spiro atoms. The molecule has 4 nitrogen and oxygen atoms in total. The van der Waals surface area contributed by atoms with Crippen molar-refractivity contribution in [3.05, 3.63) is 0 Å². The predicted octanol–water partition coefficient (Wildman–Crippen LogP) is 0.398. The van der Waals surface area contributed by atoms with E-state index in [1.165, 1.54) is 0 Å². The highest BCUT2D eigenvalue weighted by Crippen LogP contribution is 2.19. The summed E-state index contributed by atoms with van der Waals surface area (Å²) in [5.41, 5.74) is 0. The maximum Gasteiger partial charge on any atom is 0.236 e. The number of carbonyl (C=O) groups is 1. The van der Waals surface area contributed by atoms with Gasteiger partial charge in [0, 0.05) is 13.1 Å². The molecule has 0 aromatic rings. The van der Waals surface area contributed by atoms with E-state index in [2.05, 4.69) is 15.9 Å². The number of hydrogen-bond donors (Lipinski definition) is 0. The van der Waals surface area contributed by atoms with Crippen LogP contribution in [0.3, 0.4) is 0 Å². The number of ether oxygens (including phenoxy) is 2. The van der Waals surface area contributed by atoms with Gasteiger partial charge >= 0.3 is 0 Å². The van der Waals surface area contributed by atoms with Gasteiger partial charge in [0.1, 0.15) is 0 Å². The van der Waals surface area contributed by atoms with Gasteiger partial charge in [0.25, 0.3) is 0 Å². The third kappa shape index (κ3) is 2.27. The van der Waals surface area contributed by atoms with Crippen LogP contribution >= 0.6 is 15.9 Å². The van der Waals surface area contributed by atoms with Crippen LogP contribution < -0.4 is 0 Å². The van der Waals surface area contributed by atoms with Crippen molar-refractivity contribution in [3.8, 4) is 0 Å². The van der Waals surface area contributed by atoms with Gasteiger partial charge in [0.05, 0.1) is 30.8 Å². The summed E-state index contributed by atoms with van der Waals surface area (Å²) in [7, 11) is 0. The van der Waals surface area contributed by atoms with Crippen LogP contribution in [0.1, 0.15) is 6.42 Å². The summed E-state index contributed by atoms with van der Waals surface area (Å²) in [6.07, 6.45) is 0.956. The molecule has 0 radical (unpaired) electrons. The summed E-state index contributed by atoms with van der Waals surface area (Å²) >= 11 is 3.35. The summed E-state index contributed by atoms with van der Waals surface area (Å²) in [5, 5.41) is 0. The highest BCUT2D eigenvalue weighted by atomic mass is 79.9. The normalized spacial score (nSPS) is 33.8. The Bertz CT molecular complexity index is 218. The van der Waals surface area contributed by atoms with E-state index < -0.39 is 0 Å². The highest BCUT2D eigenvalue weighted by molar-refractivity contribution is 9.10. The molecular formula is C9H14BrNO3. The fraction of sp³-hybridized carbons (Fsp3) is 0.889. The van der Waals surface area contributed by atoms with Crippen LogP contribution in [0.4, 0.5) is 0 Å². The Balaban J connectivity index is 1.82. The van der Waals surface area contributed by atoms with Crippen LogP contribution in [-0.4, -0.2) is 54.6 Å². The fourth-order valence-electron chi connectivity index (χ4n) is 1.77. The van der Waals surface area contributed by atoms with Crippen molar-refractivity contribution in [2.45, 2.75) is 17.4 Å². The van der Waals surface area contributed by atoms with Gasteiger partial charge in [-0.15, -0.1) is 0 Å². The van der Waals surface area contributed by atoms with Crippen LogP contribution in [0.25, 0.3) is 0 Å². The lowest BCUT2D eigenvalue weighted by atomic mass is 10.3. The molecular weight excluding hydrogens is 250 g/mol. The minimum atomic E-state index is 0.00649. The number of likely N-dealkylation sites (tertiary alicyclic amines) is 1. The standard InChI is InChI=1S/C9H14BrNO3/c10-8-1-2-11(9(8)12)5-7-6-13-3-4-14-7/h7-8H,1-6H2. The van der Waals surface area contributed by atoms with Gasteiger partial charge in [0.2, 0.25) is 5.91 Å². The average molecular weight is 264 g/mol. The van der Waals surface area contributed by atoms with E-state index in [0.717, 1.165) is 13.0 Å². The summed E-state index contributed by atoms with van der Waals surface area (Å²) < 4.78 is 10.8. The van der Waals surface area contributed by atoms with Crippen molar-refractivity contribution in [2.75, 3.05) is 32.9 Å². The van der Waals surface area contributed by atoms with Crippen molar-refractivity contribution in [3.63, 3.8) is 0 Å². The molecule has 1 amide bonds. The van der Waals surface area contributed by atoms with Crippen molar-refractivity contribution in [1.29, 1.82) is 0 Å². The second-order valence-electron chi connectivity index (χ2n) is 3.61. The van der Waals surface area contributed by atoms with Gasteiger partial charge in [-0.25, -0.2) is 0 Å². The molecule has 2 atom stereocenters. The Morgan fingerprint density at radius 3 is 2.93 bits per heavy atom. The molecule has 14 heavy (non-hydrogen) atoms. The first-order chi connectivity index (χ1) is 6.77. The van der Waals surface area contributed by atoms with Crippen molar-refractivity contribution < 1.29 is 14.3 Å². The van der Waals surface area contributed by atoms with Gasteiger partial charge < -0.3 is 14.4 Å². The molecule has 2 aliphatic rings. The fourth-order valence-corrected chi connectivity index (χ4v) is 2.26. The third-order valence-corrected chi connectivity index (χ3v) is 3.39. The lowest BCUT2D eigenvalue weighted by Crippen LogP contribution is -2.41. The monoisotopic (exact) mass is 263 g/mol. The molecule has 5 heteroatoms. The Labute approximate surface area is 91.7 Å². The molecule has 0 N–H and O–H groups in total. The maximum absolute atomic E-state index is 11.6. The molecule has 0 saturated carbocycles. The van der Waals surface area contributed by atoms with E-state index in [9.17, 15) is 4.79 Å². The first kappa shape index (κ1) is 10.4. The number of carbonyl (C=O) groups excluding carboxylic acids is 1. The first-order valence-corrected chi connectivity index (χ1v) is 5.81. The Kier molecular flexibility index (Phi) is 3.41. The second-order valence-corrected chi connectivity index (χ2v) is 4.71. The summed E-state index contributed by atoms with van der Waals surface area (Å²) in [5.74, 6) is 0.180. The first-order valence-electron chi connectivity index (χ1n) is 4.89. The van der Waals surface area contributed by atoms with E-state index in [1.807, 2.05) is 4.90 Å².